The summed E-state index contributed by atoms with van der Waals surface area (Å²) in [5.41, 5.74) is 0. The van der Waals surface area contributed by atoms with Gasteiger partial charge in [0, 0.05) is 12.3 Å². The molecule has 1 aliphatic carbocycles. The van der Waals surface area contributed by atoms with Crippen molar-refractivity contribution in [3.63, 3.8) is 0 Å². The van der Waals surface area contributed by atoms with Crippen molar-refractivity contribution < 1.29 is 4.79 Å². The fourth-order valence-corrected chi connectivity index (χ4v) is 1.58. The molecule has 1 fully saturated rings. The van der Waals surface area contributed by atoms with E-state index in [1.165, 1.54) is 12.8 Å². The first-order valence-corrected chi connectivity index (χ1v) is 4.23. The minimum absolute atomic E-state index is 0.338. The monoisotopic (exact) mass is 140 g/mol. The average Bonchev–Trinajstić information content (AvgIpc) is 1.96. The van der Waals surface area contributed by atoms with E-state index < -0.39 is 0 Å². The lowest BCUT2D eigenvalue weighted by Gasteiger charge is -2.04. The Morgan fingerprint density at radius 2 is 2.00 bits per heavy atom. The number of ketones is 1. The molecule has 2 atom stereocenters. The summed E-state index contributed by atoms with van der Waals surface area (Å²) in [7, 11) is 0. The van der Waals surface area contributed by atoms with Gasteiger partial charge in [-0.25, -0.2) is 0 Å². The maximum Gasteiger partial charge on any atom is 0.135 e. The molecule has 0 aromatic heterocycles. The lowest BCUT2D eigenvalue weighted by atomic mass is 9.99. The lowest BCUT2D eigenvalue weighted by Crippen LogP contribution is -2.09. The van der Waals surface area contributed by atoms with Crippen molar-refractivity contribution >= 4 is 5.78 Å². The van der Waals surface area contributed by atoms with Crippen LogP contribution in [-0.4, -0.2) is 5.78 Å². The maximum absolute atomic E-state index is 11.2. The zero-order valence-corrected chi connectivity index (χ0v) is 6.89. The molecule has 1 nitrogen and oxygen atoms in total. The van der Waals surface area contributed by atoms with Crippen molar-refractivity contribution in [2.75, 3.05) is 0 Å². The number of carbonyl (C=O) groups excluding carboxylic acids is 1. The molecule has 0 radical (unpaired) electrons. The molecule has 0 saturated heterocycles. The summed E-state index contributed by atoms with van der Waals surface area (Å²) in [6.07, 6.45) is 4.43. The number of carbonyl (C=O) groups is 1. The number of Topliss-reactive ketones (excluding diaryl/α,β-unsaturated/α-hetero) is 1. The fourth-order valence-electron chi connectivity index (χ4n) is 1.58. The van der Waals surface area contributed by atoms with Crippen LogP contribution in [-0.2, 0) is 4.79 Å². The van der Waals surface area contributed by atoms with Gasteiger partial charge in [0.05, 0.1) is 0 Å². The van der Waals surface area contributed by atoms with E-state index >= 15 is 0 Å². The molecule has 0 aromatic carbocycles. The van der Waals surface area contributed by atoms with Crippen LogP contribution in [0, 0.1) is 11.8 Å². The van der Waals surface area contributed by atoms with Crippen LogP contribution in [0.2, 0.25) is 0 Å². The molecule has 0 heterocycles. The topological polar surface area (TPSA) is 17.1 Å². The molecule has 0 amide bonds. The van der Waals surface area contributed by atoms with Gasteiger partial charge in [0.2, 0.25) is 0 Å². The summed E-state index contributed by atoms with van der Waals surface area (Å²) in [5, 5.41) is 0. The zero-order valence-electron chi connectivity index (χ0n) is 6.89. The molecule has 0 aliphatic heterocycles. The second kappa shape index (κ2) is 3.18. The first-order chi connectivity index (χ1) is 4.70. The summed E-state index contributed by atoms with van der Waals surface area (Å²) in [6.45, 7) is 4.23. The molecule has 0 N–H and O–H groups in total. The molecule has 0 aromatic rings. The van der Waals surface area contributed by atoms with Crippen LogP contribution >= 0.6 is 0 Å². The highest BCUT2D eigenvalue weighted by Gasteiger charge is 2.19. The highest BCUT2D eigenvalue weighted by atomic mass is 16.1. The van der Waals surface area contributed by atoms with E-state index in [0.29, 0.717) is 17.6 Å². The average molecular weight is 140 g/mol. The van der Waals surface area contributed by atoms with E-state index in [1.54, 1.807) is 0 Å². The first-order valence-electron chi connectivity index (χ1n) is 4.23. The Hall–Kier alpha value is -0.330. The standard InChI is InChI=1S/C9H16O/c1-7-4-3-5-8(2)9(10)6-7/h7-8H,3-6H2,1-2H3/t7-,8+/m0/s1. The van der Waals surface area contributed by atoms with Crippen molar-refractivity contribution in [2.24, 2.45) is 11.8 Å². The van der Waals surface area contributed by atoms with Crippen molar-refractivity contribution in [1.29, 1.82) is 0 Å². The van der Waals surface area contributed by atoms with E-state index in [1.807, 2.05) is 0 Å². The van der Waals surface area contributed by atoms with Crippen LogP contribution in [0.4, 0.5) is 0 Å². The van der Waals surface area contributed by atoms with E-state index in [-0.39, 0.29) is 0 Å². The highest BCUT2D eigenvalue weighted by molar-refractivity contribution is 5.81. The largest absolute Gasteiger partial charge is 0.299 e. The molecule has 0 unspecified atom stereocenters. The summed E-state index contributed by atoms with van der Waals surface area (Å²) in [5.74, 6) is 1.45. The normalized spacial score (nSPS) is 35.6. The number of rotatable bonds is 0. The Kier molecular flexibility index (Phi) is 2.47. The molecule has 0 bridgehead atoms. The van der Waals surface area contributed by atoms with Crippen molar-refractivity contribution in [3.8, 4) is 0 Å². The predicted molar refractivity (Wildman–Crippen MR) is 41.8 cm³/mol. The van der Waals surface area contributed by atoms with Crippen LogP contribution in [0.15, 0.2) is 0 Å². The second-order valence-corrected chi connectivity index (χ2v) is 3.61. The molecule has 58 valence electrons. The van der Waals surface area contributed by atoms with Gasteiger partial charge in [-0.1, -0.05) is 26.7 Å². The third-order valence-corrected chi connectivity index (χ3v) is 2.43. The van der Waals surface area contributed by atoms with Crippen LogP contribution in [0.1, 0.15) is 39.5 Å². The third kappa shape index (κ3) is 1.83. The Balaban J connectivity index is 2.49. The highest BCUT2D eigenvalue weighted by Crippen LogP contribution is 2.23. The predicted octanol–water partition coefficient (Wildman–Crippen LogP) is 2.40. The van der Waals surface area contributed by atoms with Gasteiger partial charge >= 0.3 is 0 Å². The van der Waals surface area contributed by atoms with Gasteiger partial charge in [-0.15, -0.1) is 0 Å². The Morgan fingerprint density at radius 3 is 2.70 bits per heavy atom. The van der Waals surface area contributed by atoms with Crippen molar-refractivity contribution in [3.05, 3.63) is 0 Å². The van der Waals surface area contributed by atoms with E-state index in [9.17, 15) is 4.79 Å². The lowest BCUT2D eigenvalue weighted by molar-refractivity contribution is -0.122. The van der Waals surface area contributed by atoms with Crippen molar-refractivity contribution in [1.82, 2.24) is 0 Å². The number of hydrogen-bond donors (Lipinski definition) is 0. The van der Waals surface area contributed by atoms with E-state index in [4.69, 9.17) is 0 Å². The minimum Gasteiger partial charge on any atom is -0.299 e. The SMILES string of the molecule is C[C@H]1CCC[C@@H](C)C(=O)C1. The number of hydrogen-bond acceptors (Lipinski definition) is 1. The van der Waals surface area contributed by atoms with Gasteiger partial charge in [0.25, 0.3) is 0 Å². The molecule has 0 spiro atoms. The van der Waals surface area contributed by atoms with Crippen molar-refractivity contribution in [2.45, 2.75) is 39.5 Å². The quantitative estimate of drug-likeness (QED) is 0.472. The smallest absolute Gasteiger partial charge is 0.135 e. The van der Waals surface area contributed by atoms with Gasteiger partial charge < -0.3 is 0 Å². The molecule has 10 heavy (non-hydrogen) atoms. The van der Waals surface area contributed by atoms with E-state index in [2.05, 4.69) is 13.8 Å². The van der Waals surface area contributed by atoms with Crippen LogP contribution < -0.4 is 0 Å². The molecule has 1 saturated carbocycles. The van der Waals surface area contributed by atoms with Gasteiger partial charge in [-0.05, 0) is 12.3 Å². The first kappa shape index (κ1) is 7.77. The second-order valence-electron chi connectivity index (χ2n) is 3.61. The summed E-state index contributed by atoms with van der Waals surface area (Å²) < 4.78 is 0. The molecular formula is C9H16O. The Bertz CT molecular complexity index is 129. The third-order valence-electron chi connectivity index (χ3n) is 2.43. The van der Waals surface area contributed by atoms with Gasteiger partial charge in [0.1, 0.15) is 5.78 Å². The zero-order chi connectivity index (χ0) is 7.56. The summed E-state index contributed by atoms with van der Waals surface area (Å²) >= 11 is 0. The minimum atomic E-state index is 0.338. The molecule has 1 heteroatoms. The van der Waals surface area contributed by atoms with Crippen LogP contribution in [0.3, 0.4) is 0 Å². The fraction of sp³-hybridized carbons (Fsp3) is 0.889. The Labute approximate surface area is 62.8 Å². The Morgan fingerprint density at radius 1 is 1.30 bits per heavy atom. The van der Waals surface area contributed by atoms with Gasteiger partial charge in [-0.2, -0.15) is 0 Å². The van der Waals surface area contributed by atoms with Gasteiger partial charge in [0.15, 0.2) is 0 Å². The van der Waals surface area contributed by atoms with E-state index in [0.717, 1.165) is 12.8 Å². The van der Waals surface area contributed by atoms with Crippen LogP contribution in [0.5, 0.6) is 0 Å². The summed E-state index contributed by atoms with van der Waals surface area (Å²) in [6, 6.07) is 0. The molecule has 1 rings (SSSR count). The maximum atomic E-state index is 11.2. The molecular weight excluding hydrogens is 124 g/mol. The van der Waals surface area contributed by atoms with Gasteiger partial charge in [-0.3, -0.25) is 4.79 Å². The molecule has 1 aliphatic rings. The summed E-state index contributed by atoms with van der Waals surface area (Å²) in [4.78, 5) is 11.2. The van der Waals surface area contributed by atoms with Crippen LogP contribution in [0.25, 0.3) is 0 Å².